The van der Waals surface area contributed by atoms with E-state index in [0.717, 1.165) is 37.1 Å². The molecule has 0 spiro atoms. The summed E-state index contributed by atoms with van der Waals surface area (Å²) in [4.78, 5) is 27.1. The molecular weight excluding hydrogens is 524 g/mol. The number of fused-ring (bicyclic) bond motifs is 1. The lowest BCUT2D eigenvalue weighted by molar-refractivity contribution is -0.138. The molecule has 2 aliphatic heterocycles. The van der Waals surface area contributed by atoms with Gasteiger partial charge in [0.1, 0.15) is 35.2 Å². The van der Waals surface area contributed by atoms with Gasteiger partial charge in [0.25, 0.3) is 5.91 Å². The van der Waals surface area contributed by atoms with E-state index in [4.69, 9.17) is 30.8 Å². The first kappa shape index (κ1) is 28.6. The normalized spacial score (nSPS) is 17.1. The smallest absolute Gasteiger partial charge is 0.254 e. The molecule has 1 saturated heterocycles. The number of rotatable bonds is 12. The van der Waals surface area contributed by atoms with Crippen molar-refractivity contribution in [1.82, 2.24) is 14.7 Å². The van der Waals surface area contributed by atoms with Crippen LogP contribution < -0.4 is 21.5 Å². The summed E-state index contributed by atoms with van der Waals surface area (Å²) in [5.74, 6) is 1.89. The summed E-state index contributed by atoms with van der Waals surface area (Å²) in [5, 5.41) is 8.29. The van der Waals surface area contributed by atoms with E-state index in [1.807, 2.05) is 64.2 Å². The molecule has 5 N–H and O–H groups in total. The number of carbonyl (C=O) groups is 2. The first-order chi connectivity index (χ1) is 20.0. The Balaban J connectivity index is 1.25. The minimum atomic E-state index is -0.521. The number of carbonyl (C=O) groups excluding carboxylic acids is 2. The number of hydrogen-bond donors (Lipinski definition) is 3. The molecule has 218 valence electrons. The van der Waals surface area contributed by atoms with Crippen molar-refractivity contribution in [3.63, 3.8) is 0 Å². The zero-order valence-corrected chi connectivity index (χ0v) is 23.2. The van der Waals surface area contributed by atoms with Gasteiger partial charge in [-0.05, 0) is 61.6 Å². The molecule has 0 bridgehead atoms. The number of anilines is 1. The van der Waals surface area contributed by atoms with E-state index in [1.54, 1.807) is 0 Å². The van der Waals surface area contributed by atoms with Crippen molar-refractivity contribution in [2.45, 2.75) is 25.3 Å². The number of nitrogens with zero attached hydrogens (tertiary/aromatic N) is 3. The Kier molecular flexibility index (Phi) is 9.50. The Bertz CT molecular complexity index is 1300. The van der Waals surface area contributed by atoms with Gasteiger partial charge >= 0.3 is 0 Å². The zero-order valence-electron chi connectivity index (χ0n) is 23.2. The molecular formula is C30H38N6O5. The number of hydrogen-bond acceptors (Lipinski definition) is 8. The van der Waals surface area contributed by atoms with Gasteiger partial charge in [0, 0.05) is 31.7 Å². The third kappa shape index (κ3) is 6.87. The Hall–Kier alpha value is -3.93. The molecule has 0 saturated carbocycles. The molecule has 3 aromatic rings. The molecule has 0 unspecified atom stereocenters. The van der Waals surface area contributed by atoms with Crippen LogP contribution in [0.3, 0.4) is 0 Å². The fourth-order valence-electron chi connectivity index (χ4n) is 5.57. The highest BCUT2D eigenvalue weighted by molar-refractivity contribution is 6.03. The summed E-state index contributed by atoms with van der Waals surface area (Å²) < 4.78 is 18.6. The molecule has 1 atom stereocenters. The molecule has 2 aliphatic rings. The van der Waals surface area contributed by atoms with Crippen LogP contribution in [0.5, 0.6) is 11.5 Å². The third-order valence-electron chi connectivity index (χ3n) is 7.61. The van der Waals surface area contributed by atoms with Crippen molar-refractivity contribution in [2.24, 2.45) is 17.4 Å². The first-order valence-electron chi connectivity index (χ1n) is 14.2. The second-order valence-corrected chi connectivity index (χ2v) is 10.3. The number of primary amides is 1. The van der Waals surface area contributed by atoms with Crippen molar-refractivity contribution >= 4 is 17.6 Å². The molecule has 5 rings (SSSR count). The van der Waals surface area contributed by atoms with Crippen LogP contribution in [0, 0.1) is 5.92 Å². The van der Waals surface area contributed by atoms with Crippen LogP contribution in [-0.4, -0.2) is 79.1 Å². The molecule has 2 aromatic carbocycles. The lowest BCUT2D eigenvalue weighted by atomic mass is 9.87. The summed E-state index contributed by atoms with van der Waals surface area (Å²) in [6.45, 7) is 3.84. The van der Waals surface area contributed by atoms with Crippen molar-refractivity contribution in [3.05, 3.63) is 60.2 Å². The maximum absolute atomic E-state index is 12.6. The standard InChI is InChI=1S/C30H38N6O5/c31-13-17-39-18-19-40-20-26(37)35-15-11-21(12-16-35)25-10-14-33-30-27(29(32)38)28(34-36(25)30)22-6-8-24(9-7-22)41-23-4-2-1-3-5-23/h1-9,21,25,33H,10-20,31H2,(H2,32,38)/t25-/m0/s1. The fourth-order valence-corrected chi connectivity index (χ4v) is 5.57. The predicted octanol–water partition coefficient (Wildman–Crippen LogP) is 3.03. The predicted molar refractivity (Wildman–Crippen MR) is 155 cm³/mol. The van der Waals surface area contributed by atoms with E-state index in [1.165, 1.54) is 0 Å². The molecule has 41 heavy (non-hydrogen) atoms. The van der Waals surface area contributed by atoms with Crippen LogP contribution in [0.4, 0.5) is 5.82 Å². The van der Waals surface area contributed by atoms with Crippen LogP contribution in [0.2, 0.25) is 0 Å². The SMILES string of the molecule is NCCOCCOCC(=O)N1CCC([C@@H]2CCNc3c(C(N)=O)c(-c4ccc(Oc5ccccc5)cc4)nn32)CC1. The van der Waals surface area contributed by atoms with E-state index in [2.05, 4.69) is 5.32 Å². The van der Waals surface area contributed by atoms with Crippen molar-refractivity contribution < 1.29 is 23.8 Å². The Morgan fingerprint density at radius 1 is 0.927 bits per heavy atom. The number of para-hydroxylation sites is 1. The average Bonchev–Trinajstić information content (AvgIpc) is 3.40. The maximum atomic E-state index is 12.6. The molecule has 2 amide bonds. The second-order valence-electron chi connectivity index (χ2n) is 10.3. The van der Waals surface area contributed by atoms with E-state index in [-0.39, 0.29) is 18.6 Å². The van der Waals surface area contributed by atoms with Crippen molar-refractivity contribution in [1.29, 1.82) is 0 Å². The Labute approximate surface area is 239 Å². The molecule has 0 aliphatic carbocycles. The number of likely N-dealkylation sites (tertiary alicyclic amines) is 1. The summed E-state index contributed by atoms with van der Waals surface area (Å²) in [5.41, 5.74) is 13.0. The molecule has 0 radical (unpaired) electrons. The van der Waals surface area contributed by atoms with Gasteiger partial charge in [0.15, 0.2) is 0 Å². The third-order valence-corrected chi connectivity index (χ3v) is 7.61. The summed E-state index contributed by atoms with van der Waals surface area (Å²) in [6.07, 6.45) is 2.57. The second kappa shape index (κ2) is 13.6. The lowest BCUT2D eigenvalue weighted by Crippen LogP contribution is -2.43. The topological polar surface area (TPSA) is 147 Å². The highest BCUT2D eigenvalue weighted by Gasteiger charge is 2.36. The summed E-state index contributed by atoms with van der Waals surface area (Å²) in [6, 6.07) is 17.2. The quantitative estimate of drug-likeness (QED) is 0.286. The molecule has 1 fully saturated rings. The van der Waals surface area contributed by atoms with Crippen LogP contribution in [0.1, 0.15) is 35.7 Å². The van der Waals surface area contributed by atoms with Crippen molar-refractivity contribution in [2.75, 3.05) is 57.9 Å². The fraction of sp³-hybridized carbons (Fsp3) is 0.433. The van der Waals surface area contributed by atoms with Crippen LogP contribution in [0.15, 0.2) is 54.6 Å². The monoisotopic (exact) mass is 562 g/mol. The first-order valence-corrected chi connectivity index (χ1v) is 14.2. The van der Waals surface area contributed by atoms with Gasteiger partial charge in [-0.25, -0.2) is 4.68 Å². The molecule has 11 heteroatoms. The van der Waals surface area contributed by atoms with Gasteiger partial charge in [-0.15, -0.1) is 0 Å². The van der Waals surface area contributed by atoms with Crippen molar-refractivity contribution in [3.8, 4) is 22.8 Å². The molecule has 1 aromatic heterocycles. The number of ether oxygens (including phenoxy) is 3. The lowest BCUT2D eigenvalue weighted by Gasteiger charge is -2.38. The number of amides is 2. The average molecular weight is 563 g/mol. The van der Waals surface area contributed by atoms with E-state index in [9.17, 15) is 9.59 Å². The largest absolute Gasteiger partial charge is 0.457 e. The van der Waals surface area contributed by atoms with Gasteiger partial charge in [-0.2, -0.15) is 5.10 Å². The van der Waals surface area contributed by atoms with E-state index < -0.39 is 5.91 Å². The molecule has 3 heterocycles. The van der Waals surface area contributed by atoms with Crippen LogP contribution in [-0.2, 0) is 14.3 Å². The Morgan fingerprint density at radius 3 is 2.34 bits per heavy atom. The highest BCUT2D eigenvalue weighted by Crippen LogP contribution is 2.40. The zero-order chi connectivity index (χ0) is 28.6. The van der Waals surface area contributed by atoms with E-state index >= 15 is 0 Å². The number of piperidine rings is 1. The number of benzene rings is 2. The minimum Gasteiger partial charge on any atom is -0.457 e. The summed E-state index contributed by atoms with van der Waals surface area (Å²) in [7, 11) is 0. The van der Waals surface area contributed by atoms with Gasteiger partial charge < -0.3 is 35.9 Å². The number of aromatic nitrogens is 2. The molecule has 11 nitrogen and oxygen atoms in total. The highest BCUT2D eigenvalue weighted by atomic mass is 16.5. The number of nitrogens with one attached hydrogen (secondary N) is 1. The van der Waals surface area contributed by atoms with E-state index in [0.29, 0.717) is 68.2 Å². The Morgan fingerprint density at radius 2 is 1.63 bits per heavy atom. The minimum absolute atomic E-state index is 0.00893. The van der Waals surface area contributed by atoms with Crippen LogP contribution in [0.25, 0.3) is 11.3 Å². The maximum Gasteiger partial charge on any atom is 0.254 e. The van der Waals surface area contributed by atoms with Crippen LogP contribution >= 0.6 is 0 Å². The van der Waals surface area contributed by atoms with Gasteiger partial charge in [0.05, 0.1) is 25.9 Å². The van der Waals surface area contributed by atoms with Gasteiger partial charge in [-0.3, -0.25) is 9.59 Å². The summed E-state index contributed by atoms with van der Waals surface area (Å²) >= 11 is 0. The number of nitrogens with two attached hydrogens (primary N) is 2. The van der Waals surface area contributed by atoms with Gasteiger partial charge in [0.2, 0.25) is 5.91 Å². The van der Waals surface area contributed by atoms with Gasteiger partial charge in [-0.1, -0.05) is 18.2 Å².